The number of carbonyl (C=O) groups excluding carboxylic acids is 2. The lowest BCUT2D eigenvalue weighted by atomic mass is 10.0. The molecule has 4 atom stereocenters. The number of thioether (sulfide) groups is 1. The zero-order chi connectivity index (χ0) is 29.9. The summed E-state index contributed by atoms with van der Waals surface area (Å²) in [5.41, 5.74) is 2.79. The first-order valence-electron chi connectivity index (χ1n) is 14.3. The molecule has 222 valence electrons. The molecule has 2 amide bonds. The van der Waals surface area contributed by atoms with Crippen LogP contribution in [0.4, 0.5) is 0 Å². The van der Waals surface area contributed by atoms with E-state index in [2.05, 4.69) is 10.6 Å². The number of carboxylic acid groups (broad SMARTS) is 1. The van der Waals surface area contributed by atoms with Crippen molar-refractivity contribution in [2.24, 2.45) is 0 Å². The monoisotopic (exact) mass is 589 g/mol. The Balaban J connectivity index is 1.54. The van der Waals surface area contributed by atoms with Crippen LogP contribution in [0.15, 0.2) is 84.9 Å². The number of carboxylic acids is 1. The van der Waals surface area contributed by atoms with Gasteiger partial charge in [0.1, 0.15) is 11.8 Å². The number of carbonyl (C=O) groups is 3. The second-order valence-corrected chi connectivity index (χ2v) is 11.7. The van der Waals surface area contributed by atoms with Crippen LogP contribution in [-0.4, -0.2) is 71.4 Å². The summed E-state index contributed by atoms with van der Waals surface area (Å²) in [6.45, 7) is 2.66. The summed E-state index contributed by atoms with van der Waals surface area (Å²) in [7, 11) is 1.64. The lowest BCUT2D eigenvalue weighted by Crippen LogP contribution is -2.53. The molecule has 0 saturated carbocycles. The van der Waals surface area contributed by atoms with Crippen molar-refractivity contribution in [2.75, 3.05) is 20.2 Å². The van der Waals surface area contributed by atoms with Crippen LogP contribution in [0.2, 0.25) is 0 Å². The maximum atomic E-state index is 13.3. The molecule has 9 heteroatoms. The number of hydrogen-bond donors (Lipinski definition) is 3. The van der Waals surface area contributed by atoms with Gasteiger partial charge in [0.15, 0.2) is 0 Å². The van der Waals surface area contributed by atoms with Gasteiger partial charge in [0.05, 0.1) is 13.2 Å². The van der Waals surface area contributed by atoms with Crippen molar-refractivity contribution in [3.63, 3.8) is 0 Å². The number of aliphatic carboxylic acids is 1. The molecule has 0 aliphatic carbocycles. The van der Waals surface area contributed by atoms with Gasteiger partial charge in [-0.1, -0.05) is 60.7 Å². The van der Waals surface area contributed by atoms with Crippen molar-refractivity contribution >= 4 is 29.5 Å². The van der Waals surface area contributed by atoms with Crippen LogP contribution in [-0.2, 0) is 21.8 Å². The molecule has 1 aliphatic rings. The molecular weight excluding hydrogens is 550 g/mol. The molecular formula is C33H39N3O5S. The first kappa shape index (κ1) is 31.1. The van der Waals surface area contributed by atoms with E-state index < -0.39 is 18.1 Å². The van der Waals surface area contributed by atoms with E-state index in [1.54, 1.807) is 37.9 Å². The topological polar surface area (TPSA) is 108 Å². The van der Waals surface area contributed by atoms with Crippen molar-refractivity contribution in [1.29, 1.82) is 0 Å². The van der Waals surface area contributed by atoms with Crippen LogP contribution in [0.1, 0.15) is 41.3 Å². The third-order valence-electron chi connectivity index (χ3n) is 7.54. The van der Waals surface area contributed by atoms with Crippen molar-refractivity contribution < 1.29 is 24.2 Å². The first-order valence-corrected chi connectivity index (χ1v) is 15.3. The molecule has 0 radical (unpaired) electrons. The average Bonchev–Trinajstić information content (AvgIpc) is 3.52. The van der Waals surface area contributed by atoms with Gasteiger partial charge in [0.25, 0.3) is 5.91 Å². The SMILES string of the molecule is COc1ccc(CSC(CN[C@@H](C)C(=O)N2CCC[C@H]2C(=O)O)[C@H](Cc2ccccc2)NC(=O)c2ccccc2)cc1. The Labute approximate surface area is 251 Å². The number of likely N-dealkylation sites (tertiary alicyclic amines) is 1. The zero-order valence-electron chi connectivity index (χ0n) is 24.1. The molecule has 3 N–H and O–H groups in total. The van der Waals surface area contributed by atoms with E-state index in [0.717, 1.165) is 16.9 Å². The summed E-state index contributed by atoms with van der Waals surface area (Å²) < 4.78 is 5.30. The normalized spacial score (nSPS) is 16.8. The van der Waals surface area contributed by atoms with Gasteiger partial charge in [-0.3, -0.25) is 9.59 Å². The lowest BCUT2D eigenvalue weighted by molar-refractivity contribution is -0.148. The lowest BCUT2D eigenvalue weighted by Gasteiger charge is -2.31. The Bertz CT molecular complexity index is 1310. The zero-order valence-corrected chi connectivity index (χ0v) is 24.9. The summed E-state index contributed by atoms with van der Waals surface area (Å²) in [5, 5.41) is 16.1. The Hall–Kier alpha value is -3.82. The molecule has 4 rings (SSSR count). The molecule has 8 nitrogen and oxygen atoms in total. The fourth-order valence-electron chi connectivity index (χ4n) is 5.14. The number of rotatable bonds is 14. The molecule has 3 aromatic carbocycles. The van der Waals surface area contributed by atoms with Crippen molar-refractivity contribution in [2.45, 2.75) is 55.3 Å². The van der Waals surface area contributed by atoms with Gasteiger partial charge in [-0.15, -0.1) is 0 Å². The van der Waals surface area contributed by atoms with E-state index in [0.29, 0.717) is 43.7 Å². The van der Waals surface area contributed by atoms with Crippen LogP contribution >= 0.6 is 11.8 Å². The van der Waals surface area contributed by atoms with E-state index in [1.165, 1.54) is 4.90 Å². The molecule has 3 aromatic rings. The number of nitrogens with one attached hydrogen (secondary N) is 2. The minimum atomic E-state index is -0.965. The highest BCUT2D eigenvalue weighted by Crippen LogP contribution is 2.25. The summed E-state index contributed by atoms with van der Waals surface area (Å²) >= 11 is 1.71. The summed E-state index contributed by atoms with van der Waals surface area (Å²) in [6.07, 6.45) is 1.76. The van der Waals surface area contributed by atoms with Crippen molar-refractivity contribution in [3.8, 4) is 5.75 Å². The van der Waals surface area contributed by atoms with Gasteiger partial charge in [0.2, 0.25) is 5.91 Å². The number of hydrogen-bond acceptors (Lipinski definition) is 6. The smallest absolute Gasteiger partial charge is 0.326 e. The van der Waals surface area contributed by atoms with E-state index in [1.807, 2.05) is 72.8 Å². The maximum Gasteiger partial charge on any atom is 0.326 e. The first-order chi connectivity index (χ1) is 20.4. The largest absolute Gasteiger partial charge is 0.497 e. The predicted octanol–water partition coefficient (Wildman–Crippen LogP) is 4.39. The van der Waals surface area contributed by atoms with Gasteiger partial charge >= 0.3 is 5.97 Å². The fourth-order valence-corrected chi connectivity index (χ4v) is 6.35. The second kappa shape index (κ2) is 15.4. The average molecular weight is 590 g/mol. The molecule has 1 aliphatic heterocycles. The molecule has 1 heterocycles. The van der Waals surface area contributed by atoms with Gasteiger partial charge in [-0.25, -0.2) is 4.79 Å². The van der Waals surface area contributed by atoms with Crippen LogP contribution < -0.4 is 15.4 Å². The highest BCUT2D eigenvalue weighted by molar-refractivity contribution is 7.99. The molecule has 1 saturated heterocycles. The number of benzene rings is 3. The van der Waals surface area contributed by atoms with Gasteiger partial charge < -0.3 is 25.4 Å². The predicted molar refractivity (Wildman–Crippen MR) is 166 cm³/mol. The standard InChI is InChI=1S/C33H39N3O5S/c1-23(32(38)36-19-9-14-29(36)33(39)40)34-21-30(42-22-25-15-17-27(41-2)18-16-25)28(20-24-10-5-3-6-11-24)35-31(37)26-12-7-4-8-13-26/h3-8,10-13,15-18,23,28-30,34H,9,14,19-22H2,1-2H3,(H,35,37)(H,39,40)/t23-,28-,29-,30?/m0/s1. The number of methoxy groups -OCH3 is 1. The Morgan fingerprint density at radius 3 is 2.29 bits per heavy atom. The Morgan fingerprint density at radius 2 is 1.64 bits per heavy atom. The molecule has 42 heavy (non-hydrogen) atoms. The number of nitrogens with zero attached hydrogens (tertiary/aromatic N) is 1. The minimum Gasteiger partial charge on any atom is -0.497 e. The van der Waals surface area contributed by atoms with Crippen molar-refractivity contribution in [3.05, 3.63) is 102 Å². The molecule has 0 spiro atoms. The Kier molecular flexibility index (Phi) is 11.4. The molecule has 1 fully saturated rings. The third-order valence-corrected chi connectivity index (χ3v) is 8.96. The van der Waals surface area contributed by atoms with Crippen molar-refractivity contribution in [1.82, 2.24) is 15.5 Å². The van der Waals surface area contributed by atoms with Gasteiger partial charge in [-0.05, 0) is 61.6 Å². The maximum absolute atomic E-state index is 13.3. The summed E-state index contributed by atoms with van der Waals surface area (Å²) in [6, 6.07) is 25.5. The van der Waals surface area contributed by atoms with Crippen LogP contribution in [0.3, 0.4) is 0 Å². The number of ether oxygens (including phenoxy) is 1. The van der Waals surface area contributed by atoms with Gasteiger partial charge in [0, 0.05) is 35.7 Å². The van der Waals surface area contributed by atoms with Crippen LogP contribution in [0.25, 0.3) is 0 Å². The molecule has 0 aromatic heterocycles. The molecule has 0 bridgehead atoms. The van der Waals surface area contributed by atoms with Crippen LogP contribution in [0, 0.1) is 0 Å². The highest BCUT2D eigenvalue weighted by Gasteiger charge is 2.36. The number of amides is 2. The summed E-state index contributed by atoms with van der Waals surface area (Å²) in [4.78, 5) is 39.7. The minimum absolute atomic E-state index is 0.107. The Morgan fingerprint density at radius 1 is 0.976 bits per heavy atom. The second-order valence-electron chi connectivity index (χ2n) is 10.5. The summed E-state index contributed by atoms with van der Waals surface area (Å²) in [5.74, 6) is 0.141. The third kappa shape index (κ3) is 8.59. The quantitative estimate of drug-likeness (QED) is 0.256. The van der Waals surface area contributed by atoms with E-state index in [-0.39, 0.29) is 23.1 Å². The highest BCUT2D eigenvalue weighted by atomic mass is 32.2. The van der Waals surface area contributed by atoms with Crippen LogP contribution in [0.5, 0.6) is 5.75 Å². The van der Waals surface area contributed by atoms with E-state index in [9.17, 15) is 19.5 Å². The van der Waals surface area contributed by atoms with E-state index >= 15 is 0 Å². The molecule has 1 unspecified atom stereocenters. The van der Waals surface area contributed by atoms with E-state index in [4.69, 9.17) is 4.74 Å². The fraction of sp³-hybridized carbons (Fsp3) is 0.364. The van der Waals surface area contributed by atoms with Gasteiger partial charge in [-0.2, -0.15) is 11.8 Å².